The monoisotopic (exact) mass is 414 g/mol. The number of carbonyl (C=O) groups excluding carboxylic acids is 1. The van der Waals surface area contributed by atoms with Gasteiger partial charge < -0.3 is 30.1 Å². The van der Waals surface area contributed by atoms with Crippen LogP contribution in [0.5, 0.6) is 11.5 Å². The summed E-state index contributed by atoms with van der Waals surface area (Å²) in [6.45, 7) is 1.53. The number of carbonyl (C=O) groups is 1. The molecular weight excluding hydrogens is 388 g/mol. The normalized spacial score (nSPS) is 44.8. The van der Waals surface area contributed by atoms with Crippen LogP contribution in [0, 0.1) is 5.41 Å². The van der Waals surface area contributed by atoms with Gasteiger partial charge in [-0.2, -0.15) is 0 Å². The maximum atomic E-state index is 13.1. The molecule has 1 aromatic carbocycles. The largest absolute Gasteiger partial charge is 0.503 e. The van der Waals surface area contributed by atoms with Gasteiger partial charge in [0.1, 0.15) is 6.10 Å². The molecule has 160 valence electrons. The lowest BCUT2D eigenvalue weighted by atomic mass is 9.37. The van der Waals surface area contributed by atoms with E-state index in [4.69, 9.17) is 9.47 Å². The van der Waals surface area contributed by atoms with Crippen LogP contribution in [0.1, 0.15) is 24.8 Å². The molecule has 3 saturated carbocycles. The van der Waals surface area contributed by atoms with Crippen molar-refractivity contribution < 1.29 is 29.6 Å². The van der Waals surface area contributed by atoms with Crippen molar-refractivity contribution in [1.82, 2.24) is 4.90 Å². The van der Waals surface area contributed by atoms with Gasteiger partial charge in [0.05, 0.1) is 25.4 Å². The average Bonchev–Trinajstić information content (AvgIpc) is 3.31. The van der Waals surface area contributed by atoms with Crippen molar-refractivity contribution in [2.24, 2.45) is 5.41 Å². The topological polar surface area (TPSA) is 111 Å². The summed E-state index contributed by atoms with van der Waals surface area (Å²) in [5.41, 5.74) is -3.49. The Labute approximate surface area is 174 Å². The third-order valence-electron chi connectivity index (χ3n) is 8.83. The van der Waals surface area contributed by atoms with Crippen molar-refractivity contribution in [3.05, 3.63) is 29.8 Å². The second-order valence-electron chi connectivity index (χ2n) is 9.36. The second-order valence-corrected chi connectivity index (χ2v) is 9.36. The summed E-state index contributed by atoms with van der Waals surface area (Å²) in [6.07, 6.45) is 4.46. The number of ether oxygens (including phenoxy) is 2. The van der Waals surface area contributed by atoms with E-state index in [2.05, 4.69) is 10.2 Å². The van der Waals surface area contributed by atoms with Gasteiger partial charge in [0.15, 0.2) is 11.5 Å². The molecule has 8 heteroatoms. The number of esters is 1. The van der Waals surface area contributed by atoms with Crippen LogP contribution in [0.4, 0.5) is 5.69 Å². The van der Waals surface area contributed by atoms with Gasteiger partial charge in [-0.3, -0.25) is 4.90 Å². The van der Waals surface area contributed by atoms with E-state index in [-0.39, 0.29) is 11.8 Å². The lowest BCUT2D eigenvalue weighted by molar-refractivity contribution is -0.258. The first-order valence-electron chi connectivity index (χ1n) is 10.4. The molecule has 3 aliphatic heterocycles. The highest BCUT2D eigenvalue weighted by molar-refractivity contribution is 5.89. The smallest absolute Gasteiger partial charge is 0.343 e. The van der Waals surface area contributed by atoms with Gasteiger partial charge in [0.2, 0.25) is 5.60 Å². The van der Waals surface area contributed by atoms with Crippen LogP contribution in [0.3, 0.4) is 0 Å². The van der Waals surface area contributed by atoms with Crippen LogP contribution in [-0.4, -0.2) is 76.8 Å². The molecule has 7 rings (SSSR count). The predicted octanol–water partition coefficient (Wildman–Crippen LogP) is 0.506. The van der Waals surface area contributed by atoms with Crippen LogP contribution in [0.15, 0.2) is 24.3 Å². The Morgan fingerprint density at radius 3 is 2.80 bits per heavy atom. The zero-order chi connectivity index (χ0) is 21.1. The van der Waals surface area contributed by atoms with E-state index in [9.17, 15) is 20.1 Å². The number of anilines is 1. The molecule has 6 atom stereocenters. The molecule has 4 fully saturated rings. The van der Waals surface area contributed by atoms with E-state index in [1.54, 1.807) is 6.07 Å². The van der Waals surface area contributed by atoms with Crippen LogP contribution >= 0.6 is 0 Å². The summed E-state index contributed by atoms with van der Waals surface area (Å²) in [4.78, 5) is 15.5. The van der Waals surface area contributed by atoms with E-state index >= 15 is 0 Å². The molecule has 6 unspecified atom stereocenters. The van der Waals surface area contributed by atoms with Crippen molar-refractivity contribution in [2.45, 2.75) is 48.0 Å². The Balaban J connectivity index is 1.72. The number of aliphatic hydroxyl groups is 2. The minimum absolute atomic E-state index is 0.0443. The van der Waals surface area contributed by atoms with Crippen LogP contribution < -0.4 is 10.1 Å². The Morgan fingerprint density at radius 2 is 2.07 bits per heavy atom. The molecule has 3 heterocycles. The fourth-order valence-electron chi connectivity index (χ4n) is 7.89. The van der Waals surface area contributed by atoms with Gasteiger partial charge >= 0.3 is 5.97 Å². The number of methoxy groups -OCH3 is 2. The number of phenolic OH excluding ortho intramolecular Hbond substituents is 1. The fourth-order valence-corrected chi connectivity index (χ4v) is 7.89. The lowest BCUT2D eigenvalue weighted by Gasteiger charge is -2.71. The van der Waals surface area contributed by atoms with Gasteiger partial charge in [0, 0.05) is 23.4 Å². The van der Waals surface area contributed by atoms with Crippen molar-refractivity contribution >= 4 is 11.7 Å². The van der Waals surface area contributed by atoms with Gasteiger partial charge in [-0.05, 0) is 37.4 Å². The second kappa shape index (κ2) is 5.30. The maximum absolute atomic E-state index is 13.1. The van der Waals surface area contributed by atoms with E-state index in [1.165, 1.54) is 14.2 Å². The van der Waals surface area contributed by atoms with Crippen LogP contribution in [-0.2, 0) is 14.9 Å². The summed E-state index contributed by atoms with van der Waals surface area (Å²) in [5, 5.41) is 38.0. The summed E-state index contributed by atoms with van der Waals surface area (Å²) >= 11 is 0. The molecule has 1 aromatic rings. The number of fused-ring (bicyclic) bond motifs is 3. The third-order valence-corrected chi connectivity index (χ3v) is 8.83. The number of benzene rings is 1. The molecule has 0 radical (unpaired) electrons. The van der Waals surface area contributed by atoms with Crippen molar-refractivity contribution in [2.75, 3.05) is 32.6 Å². The molecule has 2 bridgehead atoms. The number of aromatic hydroxyl groups is 1. The number of rotatable bonds is 2. The first-order valence-corrected chi connectivity index (χ1v) is 10.4. The van der Waals surface area contributed by atoms with Crippen molar-refractivity contribution in [3.8, 4) is 11.5 Å². The molecule has 0 amide bonds. The SMILES string of the molecule is COC(=O)C1(O)C(O)C23C=CCN4CCC5(c6ccc(OC)c(O)c6NC15CC2)C43. The van der Waals surface area contributed by atoms with E-state index in [1.807, 2.05) is 18.2 Å². The number of phenols is 1. The lowest BCUT2D eigenvalue weighted by Crippen LogP contribution is -2.88. The number of nitrogens with one attached hydrogen (secondary N) is 1. The molecule has 4 N–H and O–H groups in total. The van der Waals surface area contributed by atoms with Crippen molar-refractivity contribution in [3.63, 3.8) is 0 Å². The Bertz CT molecular complexity index is 1010. The molecule has 0 aromatic heterocycles. The highest BCUT2D eigenvalue weighted by Gasteiger charge is 2.87. The van der Waals surface area contributed by atoms with Gasteiger partial charge in [-0.15, -0.1) is 0 Å². The van der Waals surface area contributed by atoms with Gasteiger partial charge in [0.25, 0.3) is 0 Å². The molecule has 1 saturated heterocycles. The maximum Gasteiger partial charge on any atom is 0.343 e. The quantitative estimate of drug-likeness (QED) is 0.315. The first kappa shape index (κ1) is 18.5. The Hall–Kier alpha value is -2.29. The molecule has 3 spiro atoms. The summed E-state index contributed by atoms with van der Waals surface area (Å²) < 4.78 is 10.4. The predicted molar refractivity (Wildman–Crippen MR) is 106 cm³/mol. The first-order chi connectivity index (χ1) is 14.3. The standard InChI is InChI=1S/C22H26N2O6/c1-29-13-5-4-12-14(15(13)25)23-21-8-7-19(17(26)22(21,28)18(27)30-2)6-3-10-24-11-9-20(12,21)16(19)24/h3-6,16-17,23,25-26,28H,7-11H2,1-2H3. The van der Waals surface area contributed by atoms with Crippen LogP contribution in [0.25, 0.3) is 0 Å². The number of nitrogens with zero attached hydrogens (tertiary/aromatic N) is 1. The Kier molecular flexibility index (Phi) is 3.26. The Morgan fingerprint density at radius 1 is 1.27 bits per heavy atom. The molecule has 8 nitrogen and oxygen atoms in total. The summed E-state index contributed by atoms with van der Waals surface area (Å²) in [7, 11) is 2.71. The molecular formula is C22H26N2O6. The van der Waals surface area contributed by atoms with Crippen molar-refractivity contribution in [1.29, 1.82) is 0 Å². The third kappa shape index (κ3) is 1.52. The summed E-state index contributed by atoms with van der Waals surface area (Å²) in [6, 6.07) is 3.55. The molecule has 30 heavy (non-hydrogen) atoms. The average molecular weight is 414 g/mol. The molecule has 3 aliphatic carbocycles. The van der Waals surface area contributed by atoms with Gasteiger partial charge in [-0.25, -0.2) is 4.79 Å². The number of hydrogen-bond acceptors (Lipinski definition) is 8. The van der Waals surface area contributed by atoms with E-state index in [0.29, 0.717) is 30.7 Å². The zero-order valence-corrected chi connectivity index (χ0v) is 17.0. The minimum Gasteiger partial charge on any atom is -0.503 e. The van der Waals surface area contributed by atoms with E-state index < -0.39 is 34.0 Å². The van der Waals surface area contributed by atoms with E-state index in [0.717, 1.165) is 18.7 Å². The number of hydrogen-bond donors (Lipinski definition) is 4. The zero-order valence-electron chi connectivity index (χ0n) is 17.0. The summed E-state index contributed by atoms with van der Waals surface area (Å²) in [5.74, 6) is -0.578. The fraction of sp³-hybridized carbons (Fsp3) is 0.591. The number of aliphatic hydroxyl groups excluding tert-OH is 1. The van der Waals surface area contributed by atoms with Crippen LogP contribution in [0.2, 0.25) is 0 Å². The highest BCUT2D eigenvalue weighted by atomic mass is 16.5. The van der Waals surface area contributed by atoms with Gasteiger partial charge in [-0.1, -0.05) is 18.2 Å². The minimum atomic E-state index is -2.17. The molecule has 6 aliphatic rings. The highest BCUT2D eigenvalue weighted by Crippen LogP contribution is 2.75.